The molecule has 1 fully saturated rings. The molecule has 4 aromatic rings. The van der Waals surface area contributed by atoms with Crippen molar-refractivity contribution in [2.75, 3.05) is 23.3 Å². The minimum absolute atomic E-state index is 0.0182. The zero-order valence-corrected chi connectivity index (χ0v) is 18.9. The number of halogens is 1. The van der Waals surface area contributed by atoms with Gasteiger partial charge in [-0.1, -0.05) is 12.1 Å². The van der Waals surface area contributed by atoms with Gasteiger partial charge in [-0.15, -0.1) is 0 Å². The fourth-order valence-electron chi connectivity index (χ4n) is 3.99. The van der Waals surface area contributed by atoms with Crippen molar-refractivity contribution in [3.05, 3.63) is 71.6 Å². The lowest BCUT2D eigenvalue weighted by molar-refractivity contribution is -0.120. The molecule has 8 heteroatoms. The summed E-state index contributed by atoms with van der Waals surface area (Å²) in [7, 11) is 0. The Bertz CT molecular complexity index is 1250. The molecule has 4 heterocycles. The number of nitrogens with zero attached hydrogens (tertiary/aromatic N) is 5. The number of aromatic nitrogens is 4. The maximum atomic E-state index is 13.0. The van der Waals surface area contributed by atoms with Crippen molar-refractivity contribution in [1.29, 1.82) is 0 Å². The van der Waals surface area contributed by atoms with Crippen LogP contribution in [0.15, 0.2) is 71.6 Å². The molecular formula is C24H21BrN6O. The summed E-state index contributed by atoms with van der Waals surface area (Å²) in [4.78, 5) is 33.3. The molecule has 0 aliphatic carbocycles. The van der Waals surface area contributed by atoms with Crippen LogP contribution in [0.1, 0.15) is 12.8 Å². The number of para-hydroxylation sites is 1. The molecule has 1 N–H and O–H groups in total. The van der Waals surface area contributed by atoms with Gasteiger partial charge >= 0.3 is 0 Å². The summed E-state index contributed by atoms with van der Waals surface area (Å²) in [6.45, 7) is 1.43. The third kappa shape index (κ3) is 4.31. The average Bonchev–Trinajstić information content (AvgIpc) is 2.85. The molecule has 32 heavy (non-hydrogen) atoms. The van der Waals surface area contributed by atoms with Crippen LogP contribution in [0.25, 0.3) is 22.3 Å². The number of pyridine rings is 2. The minimum Gasteiger partial charge on any atom is -0.355 e. The molecule has 3 aromatic heterocycles. The van der Waals surface area contributed by atoms with Crippen LogP contribution in [0, 0.1) is 5.92 Å². The molecule has 160 valence electrons. The molecule has 5 rings (SSSR count). The number of amides is 1. The smallest absolute Gasteiger partial charge is 0.230 e. The lowest BCUT2D eigenvalue weighted by atomic mass is 9.96. The van der Waals surface area contributed by atoms with Gasteiger partial charge in [0.05, 0.1) is 11.4 Å². The summed E-state index contributed by atoms with van der Waals surface area (Å²) >= 11 is 3.37. The predicted octanol–water partition coefficient (Wildman–Crippen LogP) is 4.70. The summed E-state index contributed by atoms with van der Waals surface area (Å²) in [6.07, 6.45) is 6.92. The Morgan fingerprint density at radius 3 is 2.78 bits per heavy atom. The number of rotatable bonds is 4. The maximum absolute atomic E-state index is 13.0. The van der Waals surface area contributed by atoms with Gasteiger partial charge in [-0.05, 0) is 65.2 Å². The first-order chi connectivity index (χ1) is 15.7. The van der Waals surface area contributed by atoms with Crippen LogP contribution in [-0.2, 0) is 4.79 Å². The molecule has 1 unspecified atom stereocenters. The van der Waals surface area contributed by atoms with Crippen molar-refractivity contribution in [2.24, 2.45) is 5.92 Å². The second-order valence-corrected chi connectivity index (χ2v) is 8.68. The van der Waals surface area contributed by atoms with E-state index in [0.717, 1.165) is 46.1 Å². The molecule has 0 spiro atoms. The standard InChI is InChI=1S/C24H21BrN6O/c25-18-9-10-21(27-14-18)29-24(32)17-6-4-12-31(15-17)23-19-7-1-2-8-20(19)28-22(30-23)16-5-3-11-26-13-16/h1-3,5,7-11,13-14,17H,4,6,12,15H2,(H,27,29,32). The van der Waals surface area contributed by atoms with Gasteiger partial charge in [0.2, 0.25) is 5.91 Å². The molecule has 7 nitrogen and oxygen atoms in total. The second-order valence-electron chi connectivity index (χ2n) is 7.77. The highest BCUT2D eigenvalue weighted by atomic mass is 79.9. The topological polar surface area (TPSA) is 83.9 Å². The van der Waals surface area contributed by atoms with Crippen molar-refractivity contribution in [3.63, 3.8) is 0 Å². The first-order valence-electron chi connectivity index (χ1n) is 10.5. The molecule has 1 amide bonds. The molecule has 1 saturated heterocycles. The Kier molecular flexibility index (Phi) is 5.77. The van der Waals surface area contributed by atoms with E-state index in [4.69, 9.17) is 9.97 Å². The first kappa shape index (κ1) is 20.5. The van der Waals surface area contributed by atoms with E-state index in [1.54, 1.807) is 24.7 Å². The van der Waals surface area contributed by atoms with Crippen LogP contribution in [0.4, 0.5) is 11.6 Å². The molecule has 0 radical (unpaired) electrons. The third-order valence-corrected chi connectivity index (χ3v) is 6.04. The number of nitrogens with one attached hydrogen (secondary N) is 1. The van der Waals surface area contributed by atoms with E-state index < -0.39 is 0 Å². The van der Waals surface area contributed by atoms with E-state index in [-0.39, 0.29) is 11.8 Å². The predicted molar refractivity (Wildman–Crippen MR) is 128 cm³/mol. The van der Waals surface area contributed by atoms with Crippen molar-refractivity contribution in [3.8, 4) is 11.4 Å². The van der Waals surface area contributed by atoms with E-state index >= 15 is 0 Å². The first-order valence-corrected chi connectivity index (χ1v) is 11.3. The van der Waals surface area contributed by atoms with Crippen LogP contribution < -0.4 is 10.2 Å². The van der Waals surface area contributed by atoms with Gasteiger partial charge in [-0.2, -0.15) is 0 Å². The van der Waals surface area contributed by atoms with Gasteiger partial charge in [-0.25, -0.2) is 15.0 Å². The van der Waals surface area contributed by atoms with Crippen LogP contribution in [-0.4, -0.2) is 38.9 Å². The highest BCUT2D eigenvalue weighted by molar-refractivity contribution is 9.10. The molecule has 1 atom stereocenters. The summed E-state index contributed by atoms with van der Waals surface area (Å²) in [5.41, 5.74) is 1.74. The highest BCUT2D eigenvalue weighted by Gasteiger charge is 2.28. The Hall–Kier alpha value is -3.39. The Balaban J connectivity index is 1.44. The van der Waals surface area contributed by atoms with Gasteiger partial charge < -0.3 is 10.2 Å². The van der Waals surface area contributed by atoms with E-state index in [9.17, 15) is 4.79 Å². The van der Waals surface area contributed by atoms with Gasteiger partial charge in [0.25, 0.3) is 0 Å². The van der Waals surface area contributed by atoms with Gasteiger partial charge in [-0.3, -0.25) is 9.78 Å². The van der Waals surface area contributed by atoms with Crippen molar-refractivity contribution >= 4 is 44.4 Å². The van der Waals surface area contributed by atoms with Gasteiger partial charge in [0.1, 0.15) is 11.6 Å². The van der Waals surface area contributed by atoms with E-state index in [1.165, 1.54) is 0 Å². The number of piperidine rings is 1. The Morgan fingerprint density at radius 2 is 1.97 bits per heavy atom. The summed E-state index contributed by atoms with van der Waals surface area (Å²) in [5.74, 6) is 1.88. The summed E-state index contributed by atoms with van der Waals surface area (Å²) in [6, 6.07) is 15.5. The van der Waals surface area contributed by atoms with Crippen LogP contribution >= 0.6 is 15.9 Å². The number of hydrogen-bond donors (Lipinski definition) is 1. The lowest BCUT2D eigenvalue weighted by Crippen LogP contribution is -2.41. The molecule has 1 aliphatic rings. The quantitative estimate of drug-likeness (QED) is 0.447. The van der Waals surface area contributed by atoms with E-state index in [0.29, 0.717) is 18.2 Å². The summed E-state index contributed by atoms with van der Waals surface area (Å²) < 4.78 is 0.874. The maximum Gasteiger partial charge on any atom is 0.230 e. The fraction of sp³-hybridized carbons (Fsp3) is 0.208. The monoisotopic (exact) mass is 488 g/mol. The van der Waals surface area contributed by atoms with Crippen LogP contribution in [0.2, 0.25) is 0 Å². The van der Waals surface area contributed by atoms with Gasteiger partial charge in [0, 0.05) is 47.1 Å². The Labute approximate surface area is 194 Å². The van der Waals surface area contributed by atoms with Crippen LogP contribution in [0.3, 0.4) is 0 Å². The largest absolute Gasteiger partial charge is 0.355 e. The van der Waals surface area contributed by atoms with E-state index in [2.05, 4.69) is 36.1 Å². The average molecular weight is 489 g/mol. The van der Waals surface area contributed by atoms with E-state index in [1.807, 2.05) is 42.5 Å². The molecule has 1 aromatic carbocycles. The van der Waals surface area contributed by atoms with Crippen molar-refractivity contribution < 1.29 is 4.79 Å². The van der Waals surface area contributed by atoms with Crippen molar-refractivity contribution in [1.82, 2.24) is 19.9 Å². The lowest BCUT2D eigenvalue weighted by Gasteiger charge is -2.33. The fourth-order valence-corrected chi connectivity index (χ4v) is 4.22. The molecule has 0 saturated carbocycles. The normalized spacial score (nSPS) is 16.2. The number of carbonyl (C=O) groups excluding carboxylic acids is 1. The zero-order valence-electron chi connectivity index (χ0n) is 17.3. The molecule has 1 aliphatic heterocycles. The van der Waals surface area contributed by atoms with Crippen molar-refractivity contribution in [2.45, 2.75) is 12.8 Å². The number of anilines is 2. The van der Waals surface area contributed by atoms with Gasteiger partial charge in [0.15, 0.2) is 5.82 Å². The minimum atomic E-state index is -0.148. The number of fused-ring (bicyclic) bond motifs is 1. The summed E-state index contributed by atoms with van der Waals surface area (Å²) in [5, 5.41) is 3.93. The molecular weight excluding hydrogens is 468 g/mol. The number of carbonyl (C=O) groups is 1. The Morgan fingerprint density at radius 1 is 1.06 bits per heavy atom. The number of benzene rings is 1. The van der Waals surface area contributed by atoms with Crippen LogP contribution in [0.5, 0.6) is 0 Å². The number of hydrogen-bond acceptors (Lipinski definition) is 6. The SMILES string of the molecule is O=C(Nc1ccc(Br)cn1)C1CCCN(c2nc(-c3cccnc3)nc3ccccc23)C1. The zero-order chi connectivity index (χ0) is 21.9. The highest BCUT2D eigenvalue weighted by Crippen LogP contribution is 2.30. The second kappa shape index (κ2) is 9.00. The molecule has 0 bridgehead atoms. The third-order valence-electron chi connectivity index (χ3n) is 5.57.